The third-order valence-electron chi connectivity index (χ3n) is 3.80. The van der Waals surface area contributed by atoms with Crippen LogP contribution in [0.4, 0.5) is 0 Å². The third kappa shape index (κ3) is 3.62. The molecule has 0 aliphatic heterocycles. The van der Waals surface area contributed by atoms with E-state index in [1.165, 1.54) is 11.3 Å². The Morgan fingerprint density at radius 3 is 2.48 bits per heavy atom. The van der Waals surface area contributed by atoms with Crippen molar-refractivity contribution in [3.8, 4) is 5.75 Å². The molecule has 0 aliphatic carbocycles. The summed E-state index contributed by atoms with van der Waals surface area (Å²) >= 11 is 1.35. The van der Waals surface area contributed by atoms with Gasteiger partial charge in [0.15, 0.2) is 0 Å². The summed E-state index contributed by atoms with van der Waals surface area (Å²) in [6.45, 7) is 7.04. The van der Waals surface area contributed by atoms with E-state index in [1.54, 1.807) is 24.3 Å². The molecular formula is C18H20N2O3S2. The van der Waals surface area contributed by atoms with Crippen molar-refractivity contribution < 1.29 is 13.2 Å². The molecule has 0 atom stereocenters. The molecule has 0 spiro atoms. The van der Waals surface area contributed by atoms with Crippen LogP contribution in [0.2, 0.25) is 0 Å². The molecule has 0 saturated heterocycles. The number of thiazole rings is 1. The van der Waals surface area contributed by atoms with Gasteiger partial charge in [0, 0.05) is 6.54 Å². The molecule has 0 saturated carbocycles. The average molecular weight is 377 g/mol. The quantitative estimate of drug-likeness (QED) is 0.682. The molecule has 0 bridgehead atoms. The monoisotopic (exact) mass is 376 g/mol. The van der Waals surface area contributed by atoms with Gasteiger partial charge in [-0.2, -0.15) is 8.42 Å². The van der Waals surface area contributed by atoms with Crippen molar-refractivity contribution in [2.24, 2.45) is 4.40 Å². The minimum atomic E-state index is -3.75. The van der Waals surface area contributed by atoms with Crippen LogP contribution in [0.1, 0.15) is 19.4 Å². The first-order chi connectivity index (χ1) is 11.9. The van der Waals surface area contributed by atoms with E-state index in [1.807, 2.05) is 43.5 Å². The van der Waals surface area contributed by atoms with E-state index in [4.69, 9.17) is 4.74 Å². The van der Waals surface area contributed by atoms with Gasteiger partial charge in [-0.3, -0.25) is 0 Å². The zero-order chi connectivity index (χ0) is 18.0. The molecule has 2 aromatic carbocycles. The summed E-state index contributed by atoms with van der Waals surface area (Å²) < 4.78 is 37.7. The molecule has 1 heterocycles. The van der Waals surface area contributed by atoms with E-state index in [-0.39, 0.29) is 4.90 Å². The van der Waals surface area contributed by atoms with Crippen LogP contribution in [-0.4, -0.2) is 19.6 Å². The number of nitrogens with zero attached hydrogens (tertiary/aromatic N) is 2. The second-order valence-electron chi connectivity index (χ2n) is 5.57. The molecule has 1 aromatic heterocycles. The molecule has 0 unspecified atom stereocenters. The first kappa shape index (κ1) is 17.7. The molecule has 0 amide bonds. The molecule has 0 aliphatic rings. The van der Waals surface area contributed by atoms with Crippen molar-refractivity contribution in [1.82, 2.24) is 4.57 Å². The van der Waals surface area contributed by atoms with E-state index < -0.39 is 10.0 Å². The van der Waals surface area contributed by atoms with Gasteiger partial charge >= 0.3 is 0 Å². The van der Waals surface area contributed by atoms with Crippen molar-refractivity contribution in [1.29, 1.82) is 0 Å². The largest absolute Gasteiger partial charge is 0.494 e. The lowest BCUT2D eigenvalue weighted by molar-refractivity contribution is 0.341. The number of hydrogen-bond donors (Lipinski definition) is 0. The number of sulfonamides is 1. The highest BCUT2D eigenvalue weighted by molar-refractivity contribution is 7.90. The number of aromatic nitrogens is 1. The van der Waals surface area contributed by atoms with Gasteiger partial charge in [0.25, 0.3) is 10.0 Å². The molecule has 0 fully saturated rings. The Kier molecular flexibility index (Phi) is 4.96. The Morgan fingerprint density at radius 1 is 1.12 bits per heavy atom. The van der Waals surface area contributed by atoms with Crippen molar-refractivity contribution >= 4 is 31.6 Å². The molecule has 5 nitrogen and oxygen atoms in total. The molecule has 0 N–H and O–H groups in total. The molecule has 3 aromatic rings. The van der Waals surface area contributed by atoms with Crippen LogP contribution in [0.5, 0.6) is 5.75 Å². The molecule has 3 rings (SSSR count). The Balaban J connectivity index is 2.16. The van der Waals surface area contributed by atoms with E-state index in [0.29, 0.717) is 18.0 Å². The van der Waals surface area contributed by atoms with Crippen LogP contribution in [-0.2, 0) is 16.6 Å². The lowest BCUT2D eigenvalue weighted by Gasteiger charge is -2.04. The zero-order valence-electron chi connectivity index (χ0n) is 14.4. The molecular weight excluding hydrogens is 356 g/mol. The third-order valence-corrected chi connectivity index (χ3v) is 6.24. The maximum absolute atomic E-state index is 12.6. The molecule has 0 radical (unpaired) electrons. The predicted octanol–water partition coefficient (Wildman–Crippen LogP) is 3.72. The number of benzene rings is 2. The SMILES string of the molecule is CCOc1ccc2c(c1)s/c(=N\S(=O)(=O)c1ccc(C)cc1)n2CC. The highest BCUT2D eigenvalue weighted by atomic mass is 32.2. The van der Waals surface area contributed by atoms with Gasteiger partial charge in [0.05, 0.1) is 21.7 Å². The van der Waals surface area contributed by atoms with Crippen LogP contribution < -0.4 is 9.54 Å². The van der Waals surface area contributed by atoms with Gasteiger partial charge in [-0.05, 0) is 51.1 Å². The van der Waals surface area contributed by atoms with E-state index in [9.17, 15) is 8.42 Å². The number of ether oxygens (including phenoxy) is 1. The second kappa shape index (κ2) is 7.01. The summed E-state index contributed by atoms with van der Waals surface area (Å²) in [7, 11) is -3.75. The van der Waals surface area contributed by atoms with Gasteiger partial charge in [0.2, 0.25) is 4.80 Å². The Hall–Kier alpha value is -2.12. The fourth-order valence-electron chi connectivity index (χ4n) is 2.55. The predicted molar refractivity (Wildman–Crippen MR) is 101 cm³/mol. The van der Waals surface area contributed by atoms with Crippen LogP contribution in [0.3, 0.4) is 0 Å². The second-order valence-corrected chi connectivity index (χ2v) is 8.18. The number of aryl methyl sites for hydroxylation is 2. The van der Waals surface area contributed by atoms with E-state index >= 15 is 0 Å². The molecule has 132 valence electrons. The van der Waals surface area contributed by atoms with E-state index in [2.05, 4.69) is 4.40 Å². The van der Waals surface area contributed by atoms with Crippen molar-refractivity contribution in [2.45, 2.75) is 32.2 Å². The van der Waals surface area contributed by atoms with Gasteiger partial charge in [-0.15, -0.1) is 4.40 Å². The first-order valence-corrected chi connectivity index (χ1v) is 10.3. The molecule has 7 heteroatoms. The highest BCUT2D eigenvalue weighted by Gasteiger charge is 2.14. The van der Waals surface area contributed by atoms with Gasteiger partial charge in [-0.25, -0.2) is 0 Å². The summed E-state index contributed by atoms with van der Waals surface area (Å²) in [4.78, 5) is 0.667. The minimum absolute atomic E-state index is 0.202. The van der Waals surface area contributed by atoms with Crippen LogP contribution in [0.25, 0.3) is 10.2 Å². The summed E-state index contributed by atoms with van der Waals surface area (Å²) in [6, 6.07) is 12.5. The average Bonchev–Trinajstić information content (AvgIpc) is 2.91. The fourth-order valence-corrected chi connectivity index (χ4v) is 4.88. The fraction of sp³-hybridized carbons (Fsp3) is 0.278. The summed E-state index contributed by atoms with van der Waals surface area (Å²) in [5, 5.41) is 0. The smallest absolute Gasteiger partial charge is 0.285 e. The number of hydrogen-bond acceptors (Lipinski definition) is 4. The first-order valence-electron chi connectivity index (χ1n) is 8.08. The minimum Gasteiger partial charge on any atom is -0.494 e. The van der Waals surface area contributed by atoms with E-state index in [0.717, 1.165) is 21.5 Å². The standard InChI is InChI=1S/C18H20N2O3S2/c1-4-20-16-11-8-14(23-5-2)12-17(16)24-18(20)19-25(21,22)15-9-6-13(3)7-10-15/h6-12H,4-5H2,1-3H3/b19-18-. The summed E-state index contributed by atoms with van der Waals surface area (Å²) in [6.07, 6.45) is 0. The van der Waals surface area contributed by atoms with Crippen LogP contribution in [0, 0.1) is 6.92 Å². The van der Waals surface area contributed by atoms with Crippen molar-refractivity contribution in [2.75, 3.05) is 6.61 Å². The Morgan fingerprint density at radius 2 is 1.84 bits per heavy atom. The lowest BCUT2D eigenvalue weighted by atomic mass is 10.2. The summed E-state index contributed by atoms with van der Waals surface area (Å²) in [5.74, 6) is 0.771. The van der Waals surface area contributed by atoms with Gasteiger partial charge < -0.3 is 9.30 Å². The Labute approximate surface area is 151 Å². The Bertz CT molecular complexity index is 1060. The maximum Gasteiger partial charge on any atom is 0.285 e. The normalized spacial score (nSPS) is 12.7. The maximum atomic E-state index is 12.6. The van der Waals surface area contributed by atoms with Gasteiger partial charge in [-0.1, -0.05) is 29.0 Å². The van der Waals surface area contributed by atoms with Gasteiger partial charge in [0.1, 0.15) is 5.75 Å². The lowest BCUT2D eigenvalue weighted by Crippen LogP contribution is -2.16. The molecule has 25 heavy (non-hydrogen) atoms. The topological polar surface area (TPSA) is 60.7 Å². The summed E-state index contributed by atoms with van der Waals surface area (Å²) in [5.41, 5.74) is 1.96. The highest BCUT2D eigenvalue weighted by Crippen LogP contribution is 2.24. The number of fused-ring (bicyclic) bond motifs is 1. The van der Waals surface area contributed by atoms with Crippen LogP contribution >= 0.6 is 11.3 Å². The number of rotatable bonds is 5. The van der Waals surface area contributed by atoms with Crippen molar-refractivity contribution in [3.63, 3.8) is 0 Å². The van der Waals surface area contributed by atoms with Crippen LogP contribution in [0.15, 0.2) is 51.8 Å². The van der Waals surface area contributed by atoms with Crippen molar-refractivity contribution in [3.05, 3.63) is 52.8 Å². The zero-order valence-corrected chi connectivity index (χ0v) is 16.0.